The third kappa shape index (κ3) is 4.49. The van der Waals surface area contributed by atoms with Crippen molar-refractivity contribution < 1.29 is 4.79 Å². The van der Waals surface area contributed by atoms with Crippen LogP contribution in [-0.2, 0) is 4.79 Å². The maximum absolute atomic E-state index is 11.8. The van der Waals surface area contributed by atoms with Crippen LogP contribution in [0.2, 0.25) is 0 Å². The topological polar surface area (TPSA) is 44.4 Å². The molecular formula is C12H25N3O. The minimum atomic E-state index is 0.0231. The lowest BCUT2D eigenvalue weighted by Gasteiger charge is -2.26. The average molecular weight is 227 g/mol. The van der Waals surface area contributed by atoms with Crippen LogP contribution in [0.15, 0.2) is 0 Å². The van der Waals surface area contributed by atoms with Gasteiger partial charge in [0.1, 0.15) is 0 Å². The van der Waals surface area contributed by atoms with E-state index in [-0.39, 0.29) is 11.9 Å². The zero-order valence-corrected chi connectivity index (χ0v) is 10.6. The predicted octanol–water partition coefficient (Wildman–Crippen LogP) is 0.587. The molecule has 0 aromatic heterocycles. The summed E-state index contributed by atoms with van der Waals surface area (Å²) in [7, 11) is 1.89. The summed E-state index contributed by atoms with van der Waals surface area (Å²) in [5.74, 6) is 0.164. The third-order valence-corrected chi connectivity index (χ3v) is 3.24. The molecule has 1 fully saturated rings. The summed E-state index contributed by atoms with van der Waals surface area (Å²) in [6, 6.07) is 0.0231. The molecule has 0 radical (unpaired) electrons. The van der Waals surface area contributed by atoms with E-state index in [2.05, 4.69) is 15.5 Å². The van der Waals surface area contributed by atoms with Gasteiger partial charge in [0, 0.05) is 13.1 Å². The summed E-state index contributed by atoms with van der Waals surface area (Å²) in [6.07, 6.45) is 5.08. The molecule has 4 nitrogen and oxygen atoms in total. The number of rotatable bonds is 5. The van der Waals surface area contributed by atoms with Gasteiger partial charge >= 0.3 is 0 Å². The molecule has 16 heavy (non-hydrogen) atoms. The van der Waals surface area contributed by atoms with Gasteiger partial charge in [-0.25, -0.2) is 0 Å². The molecule has 1 saturated heterocycles. The number of hydrogen-bond donors (Lipinski definition) is 2. The van der Waals surface area contributed by atoms with Gasteiger partial charge in [-0.15, -0.1) is 0 Å². The Morgan fingerprint density at radius 1 is 1.19 bits per heavy atom. The second-order valence-electron chi connectivity index (χ2n) is 4.52. The van der Waals surface area contributed by atoms with Crippen LogP contribution in [0.4, 0.5) is 0 Å². The summed E-state index contributed by atoms with van der Waals surface area (Å²) in [4.78, 5) is 14.2. The molecule has 4 heteroatoms. The van der Waals surface area contributed by atoms with Gasteiger partial charge < -0.3 is 10.6 Å². The third-order valence-electron chi connectivity index (χ3n) is 3.24. The highest BCUT2D eigenvalue weighted by Crippen LogP contribution is 2.12. The number of likely N-dealkylation sites (tertiary alicyclic amines) is 1. The smallest absolute Gasteiger partial charge is 0.237 e. The first kappa shape index (κ1) is 13.5. The van der Waals surface area contributed by atoms with Crippen molar-refractivity contribution in [3.05, 3.63) is 0 Å². The van der Waals surface area contributed by atoms with Gasteiger partial charge in [-0.3, -0.25) is 9.69 Å². The van der Waals surface area contributed by atoms with Gasteiger partial charge in [0.25, 0.3) is 0 Å². The van der Waals surface area contributed by atoms with Crippen molar-refractivity contribution in [1.82, 2.24) is 15.5 Å². The first-order valence-electron chi connectivity index (χ1n) is 6.42. The molecule has 0 aromatic carbocycles. The molecule has 0 spiro atoms. The highest BCUT2D eigenvalue weighted by molar-refractivity contribution is 5.81. The standard InChI is InChI=1S/C12H25N3O/c1-11(12(16)14-8-7-13-2)15-9-5-3-4-6-10-15/h11,13H,3-10H2,1-2H3,(H,14,16). The SMILES string of the molecule is CNCCNC(=O)C(C)N1CCCCCC1. The lowest BCUT2D eigenvalue weighted by molar-refractivity contribution is -0.125. The van der Waals surface area contributed by atoms with E-state index in [0.717, 1.165) is 19.6 Å². The summed E-state index contributed by atoms with van der Waals surface area (Å²) in [6.45, 7) is 5.70. The first-order valence-corrected chi connectivity index (χ1v) is 6.42. The Labute approximate surface area is 98.8 Å². The largest absolute Gasteiger partial charge is 0.353 e. The fourth-order valence-electron chi connectivity index (χ4n) is 2.11. The predicted molar refractivity (Wildman–Crippen MR) is 66.4 cm³/mol. The van der Waals surface area contributed by atoms with Crippen LogP contribution in [0.25, 0.3) is 0 Å². The van der Waals surface area contributed by atoms with Crippen molar-refractivity contribution in [3.63, 3.8) is 0 Å². The maximum atomic E-state index is 11.8. The van der Waals surface area contributed by atoms with E-state index < -0.39 is 0 Å². The summed E-state index contributed by atoms with van der Waals surface area (Å²) in [5, 5.41) is 5.98. The van der Waals surface area contributed by atoms with E-state index in [1.807, 2.05) is 14.0 Å². The van der Waals surface area contributed by atoms with E-state index in [4.69, 9.17) is 0 Å². The molecule has 1 aliphatic heterocycles. The number of nitrogens with zero attached hydrogens (tertiary/aromatic N) is 1. The number of hydrogen-bond acceptors (Lipinski definition) is 3. The first-order chi connectivity index (χ1) is 7.75. The molecule has 1 atom stereocenters. The van der Waals surface area contributed by atoms with Crippen molar-refractivity contribution in [2.75, 3.05) is 33.2 Å². The molecular weight excluding hydrogens is 202 g/mol. The van der Waals surface area contributed by atoms with E-state index in [0.29, 0.717) is 6.54 Å². The quantitative estimate of drug-likeness (QED) is 0.676. The second kappa shape index (κ2) is 7.63. The van der Waals surface area contributed by atoms with E-state index in [9.17, 15) is 4.79 Å². The fourth-order valence-corrected chi connectivity index (χ4v) is 2.11. The van der Waals surface area contributed by atoms with Crippen molar-refractivity contribution in [1.29, 1.82) is 0 Å². The Morgan fingerprint density at radius 3 is 2.38 bits per heavy atom. The monoisotopic (exact) mass is 227 g/mol. The summed E-state index contributed by atoms with van der Waals surface area (Å²) in [5.41, 5.74) is 0. The lowest BCUT2D eigenvalue weighted by atomic mass is 10.2. The van der Waals surface area contributed by atoms with Crippen molar-refractivity contribution in [3.8, 4) is 0 Å². The highest BCUT2D eigenvalue weighted by Gasteiger charge is 2.21. The lowest BCUT2D eigenvalue weighted by Crippen LogP contribution is -2.46. The Balaban J connectivity index is 2.30. The minimum Gasteiger partial charge on any atom is -0.353 e. The van der Waals surface area contributed by atoms with Gasteiger partial charge in [-0.2, -0.15) is 0 Å². The fraction of sp³-hybridized carbons (Fsp3) is 0.917. The Morgan fingerprint density at radius 2 is 1.81 bits per heavy atom. The van der Waals surface area contributed by atoms with E-state index in [1.165, 1.54) is 25.7 Å². The molecule has 0 saturated carbocycles. The van der Waals surface area contributed by atoms with Crippen LogP contribution in [0.3, 0.4) is 0 Å². The minimum absolute atomic E-state index is 0.0231. The molecule has 1 aliphatic rings. The summed E-state index contributed by atoms with van der Waals surface area (Å²) < 4.78 is 0. The second-order valence-corrected chi connectivity index (χ2v) is 4.52. The molecule has 1 amide bonds. The van der Waals surface area contributed by atoms with Gasteiger partial charge in [-0.1, -0.05) is 12.8 Å². The molecule has 0 aliphatic carbocycles. The molecule has 2 N–H and O–H groups in total. The molecule has 0 bridgehead atoms. The molecule has 1 rings (SSSR count). The number of carbonyl (C=O) groups is 1. The van der Waals surface area contributed by atoms with Crippen LogP contribution in [0.5, 0.6) is 0 Å². The van der Waals surface area contributed by atoms with Gasteiger partial charge in [0.05, 0.1) is 6.04 Å². The zero-order chi connectivity index (χ0) is 11.8. The van der Waals surface area contributed by atoms with Crippen LogP contribution in [-0.4, -0.2) is 50.1 Å². The van der Waals surface area contributed by atoms with E-state index >= 15 is 0 Å². The van der Waals surface area contributed by atoms with Crippen molar-refractivity contribution >= 4 is 5.91 Å². The van der Waals surface area contributed by atoms with Gasteiger partial charge in [-0.05, 0) is 39.9 Å². The molecule has 1 heterocycles. The van der Waals surface area contributed by atoms with Gasteiger partial charge in [0.2, 0.25) is 5.91 Å². The highest BCUT2D eigenvalue weighted by atomic mass is 16.2. The van der Waals surface area contributed by atoms with Crippen LogP contribution in [0, 0.1) is 0 Å². The van der Waals surface area contributed by atoms with Crippen molar-refractivity contribution in [2.24, 2.45) is 0 Å². The number of likely N-dealkylation sites (N-methyl/N-ethyl adjacent to an activating group) is 1. The van der Waals surface area contributed by atoms with E-state index in [1.54, 1.807) is 0 Å². The summed E-state index contributed by atoms with van der Waals surface area (Å²) >= 11 is 0. The van der Waals surface area contributed by atoms with Crippen molar-refractivity contribution in [2.45, 2.75) is 38.6 Å². The van der Waals surface area contributed by atoms with Crippen LogP contribution in [0.1, 0.15) is 32.6 Å². The molecule has 0 aromatic rings. The average Bonchev–Trinajstić information content (AvgIpc) is 2.56. The number of nitrogens with one attached hydrogen (secondary N) is 2. The number of amides is 1. The molecule has 1 unspecified atom stereocenters. The van der Waals surface area contributed by atoms with Gasteiger partial charge in [0.15, 0.2) is 0 Å². The Hall–Kier alpha value is -0.610. The zero-order valence-electron chi connectivity index (χ0n) is 10.6. The number of carbonyl (C=O) groups excluding carboxylic acids is 1. The maximum Gasteiger partial charge on any atom is 0.237 e. The molecule has 94 valence electrons. The Kier molecular flexibility index (Phi) is 6.42. The Bertz CT molecular complexity index is 200. The van der Waals surface area contributed by atoms with Crippen LogP contribution >= 0.6 is 0 Å². The van der Waals surface area contributed by atoms with Crippen LogP contribution < -0.4 is 10.6 Å². The normalized spacial score (nSPS) is 20.1.